The van der Waals surface area contributed by atoms with E-state index in [1.807, 2.05) is 11.8 Å². The van der Waals surface area contributed by atoms with E-state index in [0.717, 1.165) is 25.7 Å². The van der Waals surface area contributed by atoms with E-state index in [4.69, 9.17) is 5.11 Å². The Bertz CT molecular complexity index is 755. The number of amides is 1. The molecule has 0 spiro atoms. The monoisotopic (exact) mass is 459 g/mol. The number of halogens is 3. The summed E-state index contributed by atoms with van der Waals surface area (Å²) in [6, 6.07) is 5.62. The molecular formula is C23H32F3NO5. The molecule has 32 heavy (non-hydrogen) atoms. The Hall–Kier alpha value is -2.29. The summed E-state index contributed by atoms with van der Waals surface area (Å²) < 4.78 is 41.1. The Balaban J connectivity index is 1.82. The maximum atomic E-state index is 12.4. The van der Waals surface area contributed by atoms with Crippen molar-refractivity contribution in [1.29, 1.82) is 0 Å². The Morgan fingerprint density at radius 3 is 2.66 bits per heavy atom. The molecule has 180 valence electrons. The number of nitrogens with zero attached hydrogens (tertiary/aromatic N) is 1. The van der Waals surface area contributed by atoms with E-state index in [1.54, 1.807) is 6.07 Å². The van der Waals surface area contributed by atoms with Crippen molar-refractivity contribution in [3.05, 3.63) is 29.8 Å². The molecule has 2 N–H and O–H groups in total. The fourth-order valence-electron chi connectivity index (χ4n) is 4.36. The van der Waals surface area contributed by atoms with E-state index in [0.29, 0.717) is 31.4 Å². The first kappa shape index (κ1) is 26.0. The molecule has 0 radical (unpaired) electrons. The number of hydrogen-bond acceptors (Lipinski definition) is 4. The van der Waals surface area contributed by atoms with Gasteiger partial charge >= 0.3 is 12.3 Å². The first-order valence-corrected chi connectivity index (χ1v) is 11.1. The number of likely N-dealkylation sites (tertiary alicyclic amines) is 1. The maximum Gasteiger partial charge on any atom is 0.573 e. The third-order valence-corrected chi connectivity index (χ3v) is 5.82. The van der Waals surface area contributed by atoms with Gasteiger partial charge in [0.05, 0.1) is 6.10 Å². The van der Waals surface area contributed by atoms with E-state index in [-0.39, 0.29) is 36.5 Å². The highest BCUT2D eigenvalue weighted by Gasteiger charge is 2.35. The zero-order valence-electron chi connectivity index (χ0n) is 18.3. The molecular weight excluding hydrogens is 427 g/mol. The largest absolute Gasteiger partial charge is 0.573 e. The lowest BCUT2D eigenvalue weighted by Gasteiger charge is -2.31. The summed E-state index contributed by atoms with van der Waals surface area (Å²) in [6.45, 7) is 2.60. The number of carbonyl (C=O) groups excluding carboxylic acids is 1. The van der Waals surface area contributed by atoms with Crippen LogP contribution in [0.2, 0.25) is 0 Å². The van der Waals surface area contributed by atoms with Gasteiger partial charge in [-0.2, -0.15) is 0 Å². The van der Waals surface area contributed by atoms with Gasteiger partial charge in [-0.15, -0.1) is 13.2 Å². The Kier molecular flexibility index (Phi) is 9.81. The van der Waals surface area contributed by atoms with Gasteiger partial charge in [0.1, 0.15) is 5.75 Å². The summed E-state index contributed by atoms with van der Waals surface area (Å²) in [6.07, 6.45) is -0.427. The quantitative estimate of drug-likeness (QED) is 0.423. The Morgan fingerprint density at radius 1 is 1.25 bits per heavy atom. The van der Waals surface area contributed by atoms with Crippen LogP contribution in [0.4, 0.5) is 13.2 Å². The molecule has 0 bridgehead atoms. The molecule has 6 nitrogen and oxygen atoms in total. The number of alkyl halides is 3. The van der Waals surface area contributed by atoms with Crippen molar-refractivity contribution in [2.75, 3.05) is 6.54 Å². The van der Waals surface area contributed by atoms with E-state index in [9.17, 15) is 27.9 Å². The average molecular weight is 460 g/mol. The fourth-order valence-corrected chi connectivity index (χ4v) is 4.36. The number of unbranched alkanes of at least 4 members (excludes halogenated alkanes) is 3. The van der Waals surface area contributed by atoms with Crippen molar-refractivity contribution < 1.29 is 37.7 Å². The number of carbonyl (C=O) groups is 2. The normalized spacial score (nSPS) is 18.6. The predicted octanol–water partition coefficient (Wildman–Crippen LogP) is 4.54. The number of carboxylic acids is 1. The standard InChI is InChI=1S/C23H32F3NO5/c1-16(13-18(28)14-17-7-6-8-19(15-17)32-23(24,25)26)20-10-11-21(29)27(20)12-5-3-2-4-9-22(30)31/h6-8,15-16,18,20,28H,2-5,9-14H2,1H3,(H,30,31)/t16?,18-,20-/m1/s1. The van der Waals surface area contributed by atoms with Gasteiger partial charge in [0, 0.05) is 25.4 Å². The van der Waals surface area contributed by atoms with Crippen molar-refractivity contribution in [3.63, 3.8) is 0 Å². The Labute approximate surface area is 186 Å². The molecule has 1 saturated heterocycles. The van der Waals surface area contributed by atoms with Crippen molar-refractivity contribution in [1.82, 2.24) is 4.90 Å². The van der Waals surface area contributed by atoms with Crippen LogP contribution in [-0.2, 0) is 16.0 Å². The zero-order chi connectivity index (χ0) is 23.7. The topological polar surface area (TPSA) is 87.1 Å². The maximum absolute atomic E-state index is 12.4. The number of aliphatic hydroxyl groups excluding tert-OH is 1. The molecule has 1 amide bonds. The molecule has 1 heterocycles. The molecule has 9 heteroatoms. The molecule has 0 saturated carbocycles. The van der Waals surface area contributed by atoms with E-state index in [1.165, 1.54) is 18.2 Å². The highest BCUT2D eigenvalue weighted by molar-refractivity contribution is 5.78. The van der Waals surface area contributed by atoms with Gasteiger partial charge in [-0.25, -0.2) is 0 Å². The first-order valence-electron chi connectivity index (χ1n) is 11.1. The number of ether oxygens (including phenoxy) is 1. The van der Waals surface area contributed by atoms with Gasteiger partial charge in [-0.3, -0.25) is 9.59 Å². The number of carboxylic acid groups (broad SMARTS) is 1. The predicted molar refractivity (Wildman–Crippen MR) is 112 cm³/mol. The summed E-state index contributed by atoms with van der Waals surface area (Å²) in [5.41, 5.74) is 0.548. The number of hydrogen-bond donors (Lipinski definition) is 2. The molecule has 1 aliphatic heterocycles. The van der Waals surface area contributed by atoms with Gasteiger partial charge in [0.25, 0.3) is 0 Å². The molecule has 1 aliphatic rings. The van der Waals surface area contributed by atoms with Crippen molar-refractivity contribution in [2.45, 2.75) is 83.2 Å². The number of benzene rings is 1. The second-order valence-corrected chi connectivity index (χ2v) is 8.52. The molecule has 3 atom stereocenters. The zero-order valence-corrected chi connectivity index (χ0v) is 18.3. The number of aliphatic hydroxyl groups is 1. The van der Waals surface area contributed by atoms with Crippen LogP contribution in [0.1, 0.15) is 63.9 Å². The summed E-state index contributed by atoms with van der Waals surface area (Å²) >= 11 is 0. The Morgan fingerprint density at radius 2 is 1.97 bits per heavy atom. The van der Waals surface area contributed by atoms with Gasteiger partial charge in [0.15, 0.2) is 0 Å². The van der Waals surface area contributed by atoms with Crippen LogP contribution in [0.3, 0.4) is 0 Å². The lowest BCUT2D eigenvalue weighted by atomic mass is 9.91. The van der Waals surface area contributed by atoms with Crippen LogP contribution < -0.4 is 4.74 Å². The average Bonchev–Trinajstić information content (AvgIpc) is 3.03. The van der Waals surface area contributed by atoms with Crippen LogP contribution in [0, 0.1) is 5.92 Å². The van der Waals surface area contributed by atoms with Gasteiger partial charge < -0.3 is 19.8 Å². The molecule has 1 unspecified atom stereocenters. The van der Waals surface area contributed by atoms with Crippen LogP contribution >= 0.6 is 0 Å². The van der Waals surface area contributed by atoms with Crippen LogP contribution in [0.25, 0.3) is 0 Å². The van der Waals surface area contributed by atoms with Crippen molar-refractivity contribution in [3.8, 4) is 5.75 Å². The smallest absolute Gasteiger partial charge is 0.481 e. The van der Waals surface area contributed by atoms with Gasteiger partial charge in [0.2, 0.25) is 5.91 Å². The molecule has 1 aromatic carbocycles. The van der Waals surface area contributed by atoms with Crippen molar-refractivity contribution >= 4 is 11.9 Å². The van der Waals surface area contributed by atoms with Gasteiger partial charge in [-0.1, -0.05) is 31.9 Å². The SMILES string of the molecule is CC(C[C@@H](O)Cc1cccc(OC(F)(F)F)c1)[C@H]1CCC(=O)N1CCCCCCC(=O)O. The second-order valence-electron chi connectivity index (χ2n) is 8.52. The lowest BCUT2D eigenvalue weighted by molar-refractivity contribution is -0.274. The minimum atomic E-state index is -4.76. The third kappa shape index (κ3) is 9.06. The van der Waals surface area contributed by atoms with E-state index < -0.39 is 18.4 Å². The highest BCUT2D eigenvalue weighted by atomic mass is 19.4. The molecule has 1 aromatic rings. The molecule has 2 rings (SSSR count). The summed E-state index contributed by atoms with van der Waals surface area (Å²) in [4.78, 5) is 24.7. The van der Waals surface area contributed by atoms with Crippen LogP contribution in [-0.4, -0.2) is 52.0 Å². The summed E-state index contributed by atoms with van der Waals surface area (Å²) in [5, 5.41) is 19.2. The lowest BCUT2D eigenvalue weighted by Crippen LogP contribution is -2.39. The van der Waals surface area contributed by atoms with E-state index in [2.05, 4.69) is 4.74 Å². The van der Waals surface area contributed by atoms with E-state index >= 15 is 0 Å². The minimum Gasteiger partial charge on any atom is -0.481 e. The number of rotatable bonds is 13. The highest BCUT2D eigenvalue weighted by Crippen LogP contribution is 2.29. The van der Waals surface area contributed by atoms with Gasteiger partial charge in [-0.05, 0) is 55.7 Å². The fraction of sp³-hybridized carbons (Fsp3) is 0.652. The van der Waals surface area contributed by atoms with Crippen LogP contribution in [0.15, 0.2) is 24.3 Å². The van der Waals surface area contributed by atoms with Crippen LogP contribution in [0.5, 0.6) is 5.75 Å². The first-order chi connectivity index (χ1) is 15.0. The minimum absolute atomic E-state index is 0.0241. The third-order valence-electron chi connectivity index (χ3n) is 5.82. The van der Waals surface area contributed by atoms with Crippen molar-refractivity contribution in [2.24, 2.45) is 5.92 Å². The molecule has 0 aliphatic carbocycles. The second kappa shape index (κ2) is 12.1. The summed E-state index contributed by atoms with van der Waals surface area (Å²) in [7, 11) is 0. The number of aliphatic carboxylic acids is 1. The summed E-state index contributed by atoms with van der Waals surface area (Å²) in [5.74, 6) is -0.977. The molecule has 1 fully saturated rings. The molecule has 0 aromatic heterocycles.